The van der Waals surface area contributed by atoms with Gasteiger partial charge in [-0.1, -0.05) is 68.7 Å². The molecule has 6 nitrogen and oxygen atoms in total. The number of hydrogen-bond donors (Lipinski definition) is 2. The molecule has 0 aromatic heterocycles. The third-order valence-electron chi connectivity index (χ3n) is 6.26. The minimum atomic E-state index is -1.52. The number of ether oxygens (including phenoxy) is 1. The summed E-state index contributed by atoms with van der Waals surface area (Å²) in [4.78, 5) is 26.1. The van der Waals surface area contributed by atoms with Crippen LogP contribution in [0.25, 0.3) is 17.2 Å². The predicted molar refractivity (Wildman–Crippen MR) is 133 cm³/mol. The Labute approximate surface area is 196 Å². The third kappa shape index (κ3) is 5.37. The van der Waals surface area contributed by atoms with Crippen LogP contribution in [0.1, 0.15) is 24.5 Å². The number of benzene rings is 2. The summed E-state index contributed by atoms with van der Waals surface area (Å²) in [6.45, 7) is 11.9. The first kappa shape index (κ1) is 24.7. The third-order valence-corrected chi connectivity index (χ3v) is 7.97. The van der Waals surface area contributed by atoms with Crippen LogP contribution < -0.4 is 0 Å². The Bertz CT molecular complexity index is 1060. The quantitative estimate of drug-likeness (QED) is 0.431. The van der Waals surface area contributed by atoms with Gasteiger partial charge in [0.15, 0.2) is 0 Å². The zero-order valence-electron chi connectivity index (χ0n) is 19.8. The summed E-state index contributed by atoms with van der Waals surface area (Å²) in [5, 5.41) is 21.4. The molecule has 33 heavy (non-hydrogen) atoms. The molecule has 3 rings (SSSR count). The van der Waals surface area contributed by atoms with Gasteiger partial charge in [0.25, 0.3) is 0 Å². The Kier molecular flexibility index (Phi) is 6.86. The van der Waals surface area contributed by atoms with E-state index in [4.69, 9.17) is 4.74 Å². The topological polar surface area (TPSA) is 87.1 Å². The molecule has 2 unspecified atom stereocenters. The second-order valence-electron chi connectivity index (χ2n) is 10.2. The Hall–Kier alpha value is -2.90. The fourth-order valence-corrected chi connectivity index (χ4v) is 4.96. The maximum Gasteiger partial charge on any atom is 0.408 e. The molecule has 1 saturated heterocycles. The van der Waals surface area contributed by atoms with E-state index in [1.54, 1.807) is 12.1 Å². The van der Waals surface area contributed by atoms with Crippen LogP contribution in [-0.4, -0.2) is 53.9 Å². The van der Waals surface area contributed by atoms with Crippen LogP contribution in [-0.2, 0) is 15.1 Å². The van der Waals surface area contributed by atoms with E-state index in [0.717, 1.165) is 27.6 Å². The average molecular weight is 468 g/mol. The minimum absolute atomic E-state index is 0.0752. The molecular formula is C26H33NO5Si. The van der Waals surface area contributed by atoms with Gasteiger partial charge in [-0.2, -0.15) is 0 Å². The Morgan fingerprint density at radius 1 is 1.15 bits per heavy atom. The number of carbonyl (C=O) groups excluding carboxylic acids is 1. The predicted octanol–water partition coefficient (Wildman–Crippen LogP) is 5.21. The van der Waals surface area contributed by atoms with Crippen molar-refractivity contribution in [2.75, 3.05) is 13.2 Å². The van der Waals surface area contributed by atoms with Crippen LogP contribution in [0.15, 0.2) is 55.1 Å². The monoisotopic (exact) mass is 467 g/mol. The van der Waals surface area contributed by atoms with Crippen molar-refractivity contribution in [1.29, 1.82) is 0 Å². The van der Waals surface area contributed by atoms with E-state index < -0.39 is 31.3 Å². The molecular weight excluding hydrogens is 434 g/mol. The SMILES string of the molecule is C=Cc1cccc(-c2cccc(C3(O)CN(C(=O)O)C(C)(C(=O)OCC[Si](C)(C)C)C3)c2)c1. The number of rotatable bonds is 7. The largest absolute Gasteiger partial charge is 0.465 e. The Morgan fingerprint density at radius 2 is 1.79 bits per heavy atom. The summed E-state index contributed by atoms with van der Waals surface area (Å²) in [6, 6.07) is 16.0. The highest BCUT2D eigenvalue weighted by Gasteiger charge is 2.58. The summed E-state index contributed by atoms with van der Waals surface area (Å²) in [6.07, 6.45) is 0.432. The number of carbonyl (C=O) groups is 2. The van der Waals surface area contributed by atoms with E-state index in [1.807, 2.05) is 42.5 Å². The molecule has 0 aliphatic carbocycles. The molecule has 2 atom stereocenters. The van der Waals surface area contributed by atoms with Crippen LogP contribution in [0.2, 0.25) is 25.7 Å². The molecule has 176 valence electrons. The first-order chi connectivity index (χ1) is 15.4. The van der Waals surface area contributed by atoms with Crippen molar-refractivity contribution in [2.45, 2.75) is 50.2 Å². The van der Waals surface area contributed by atoms with Crippen LogP contribution in [0.4, 0.5) is 4.79 Å². The van der Waals surface area contributed by atoms with Crippen LogP contribution in [0, 0.1) is 0 Å². The van der Waals surface area contributed by atoms with E-state index in [9.17, 15) is 19.8 Å². The van der Waals surface area contributed by atoms with E-state index in [0.29, 0.717) is 5.56 Å². The zero-order valence-corrected chi connectivity index (χ0v) is 20.8. The number of likely N-dealkylation sites (tertiary alicyclic amines) is 1. The molecule has 0 spiro atoms. The maximum absolute atomic E-state index is 13.0. The number of amides is 1. The van der Waals surface area contributed by atoms with Gasteiger partial charge in [0.1, 0.15) is 11.1 Å². The average Bonchev–Trinajstić information content (AvgIpc) is 3.06. The summed E-state index contributed by atoms with van der Waals surface area (Å²) in [5.41, 5.74) is 0.393. The van der Waals surface area contributed by atoms with Gasteiger partial charge in [-0.05, 0) is 47.4 Å². The molecule has 0 bridgehead atoms. The lowest BCUT2D eigenvalue weighted by atomic mass is 9.85. The van der Waals surface area contributed by atoms with Gasteiger partial charge in [0, 0.05) is 14.5 Å². The van der Waals surface area contributed by atoms with Crippen molar-refractivity contribution in [2.24, 2.45) is 0 Å². The van der Waals surface area contributed by atoms with Crippen molar-refractivity contribution in [3.8, 4) is 11.1 Å². The number of carboxylic acid groups (broad SMARTS) is 1. The summed E-state index contributed by atoms with van der Waals surface area (Å²) < 4.78 is 5.50. The van der Waals surface area contributed by atoms with Crippen LogP contribution in [0.5, 0.6) is 0 Å². The minimum Gasteiger partial charge on any atom is -0.465 e. The Morgan fingerprint density at radius 3 is 2.39 bits per heavy atom. The van der Waals surface area contributed by atoms with E-state index in [1.165, 1.54) is 6.92 Å². The molecule has 2 aromatic carbocycles. The first-order valence-corrected chi connectivity index (χ1v) is 14.8. The second-order valence-corrected chi connectivity index (χ2v) is 15.8. The van der Waals surface area contributed by atoms with Gasteiger partial charge in [-0.15, -0.1) is 0 Å². The van der Waals surface area contributed by atoms with Crippen molar-refractivity contribution in [3.63, 3.8) is 0 Å². The molecule has 1 amide bonds. The lowest BCUT2D eigenvalue weighted by Gasteiger charge is -2.30. The van der Waals surface area contributed by atoms with Gasteiger partial charge >= 0.3 is 12.1 Å². The maximum atomic E-state index is 13.0. The van der Waals surface area contributed by atoms with E-state index in [-0.39, 0.29) is 19.6 Å². The number of nitrogens with zero attached hydrogens (tertiary/aromatic N) is 1. The van der Waals surface area contributed by atoms with Crippen molar-refractivity contribution in [1.82, 2.24) is 4.90 Å². The highest BCUT2D eigenvalue weighted by molar-refractivity contribution is 6.76. The smallest absolute Gasteiger partial charge is 0.408 e. The molecule has 7 heteroatoms. The number of hydrogen-bond acceptors (Lipinski definition) is 4. The second kappa shape index (κ2) is 9.15. The molecule has 0 saturated carbocycles. The Balaban J connectivity index is 1.90. The fraction of sp³-hybridized carbons (Fsp3) is 0.385. The van der Waals surface area contributed by atoms with Gasteiger partial charge < -0.3 is 14.9 Å². The standard InChI is InChI=1S/C26H33NO5Si/c1-6-19-9-7-10-20(15-19)21-11-8-12-22(16-21)26(31)17-25(2,27(18-26)24(29)30)23(28)32-13-14-33(3,4)5/h6-12,15-16,31H,1,13-14,17-18H2,2-5H3,(H,29,30). The molecule has 1 fully saturated rings. The fourth-order valence-electron chi connectivity index (χ4n) is 4.25. The summed E-state index contributed by atoms with van der Waals surface area (Å²) in [5.74, 6) is -0.617. The van der Waals surface area contributed by atoms with Gasteiger partial charge in [-0.3, -0.25) is 4.90 Å². The molecule has 0 radical (unpaired) electrons. The number of aliphatic hydroxyl groups is 1. The van der Waals surface area contributed by atoms with Gasteiger partial charge in [0.2, 0.25) is 0 Å². The molecule has 2 aromatic rings. The molecule has 1 heterocycles. The first-order valence-electron chi connectivity index (χ1n) is 11.1. The van der Waals surface area contributed by atoms with Crippen LogP contribution in [0.3, 0.4) is 0 Å². The number of β-amino-alcohol motifs (C(OH)–C–C–N with tert-alkyl or cyclic N) is 1. The molecule has 1 aliphatic heterocycles. The summed E-state index contributed by atoms with van der Waals surface area (Å²) >= 11 is 0. The number of esters is 1. The molecule has 1 aliphatic rings. The lowest BCUT2D eigenvalue weighted by molar-refractivity contribution is -0.154. The van der Waals surface area contributed by atoms with Crippen molar-refractivity contribution < 1.29 is 24.5 Å². The van der Waals surface area contributed by atoms with Crippen molar-refractivity contribution in [3.05, 3.63) is 66.2 Å². The zero-order chi connectivity index (χ0) is 24.4. The molecule has 2 N–H and O–H groups in total. The summed E-state index contributed by atoms with van der Waals surface area (Å²) in [7, 11) is -1.42. The van der Waals surface area contributed by atoms with Gasteiger partial charge in [0.05, 0.1) is 13.2 Å². The lowest BCUT2D eigenvalue weighted by Crippen LogP contribution is -2.51. The van der Waals surface area contributed by atoms with E-state index in [2.05, 4.69) is 26.2 Å². The van der Waals surface area contributed by atoms with Gasteiger partial charge in [-0.25, -0.2) is 9.59 Å². The van der Waals surface area contributed by atoms with Crippen molar-refractivity contribution >= 4 is 26.2 Å². The highest BCUT2D eigenvalue weighted by Crippen LogP contribution is 2.43. The normalized spacial score (nSPS) is 22.8. The highest BCUT2D eigenvalue weighted by atomic mass is 28.3. The van der Waals surface area contributed by atoms with E-state index >= 15 is 0 Å². The van der Waals surface area contributed by atoms with Crippen LogP contribution >= 0.6 is 0 Å².